The summed E-state index contributed by atoms with van der Waals surface area (Å²) in [7, 11) is 0. The number of aromatic nitrogens is 1. The summed E-state index contributed by atoms with van der Waals surface area (Å²) in [6.45, 7) is 4.22. The van der Waals surface area contributed by atoms with Crippen LogP contribution in [-0.2, 0) is 13.0 Å². The van der Waals surface area contributed by atoms with Crippen molar-refractivity contribution in [3.8, 4) is 0 Å². The molecule has 2 aromatic rings. The molecule has 0 aliphatic carbocycles. The molecule has 3 nitrogen and oxygen atoms in total. The quantitative estimate of drug-likeness (QED) is 0.898. The van der Waals surface area contributed by atoms with Crippen LogP contribution in [-0.4, -0.2) is 15.6 Å². The lowest BCUT2D eigenvalue weighted by Gasteiger charge is -2.09. The number of hydrogen-bond donors (Lipinski definition) is 1. The second-order valence-corrected chi connectivity index (χ2v) is 5.87. The van der Waals surface area contributed by atoms with E-state index < -0.39 is 11.8 Å². The molecule has 0 aliphatic rings. The summed E-state index contributed by atoms with van der Waals surface area (Å²) >= 11 is 6.00. The van der Waals surface area contributed by atoms with Crippen LogP contribution in [0.4, 0.5) is 4.39 Å². The number of carbonyl (C=O) groups is 1. The predicted molar refractivity (Wildman–Crippen MR) is 80.4 cm³/mol. The summed E-state index contributed by atoms with van der Waals surface area (Å²) in [4.78, 5) is 11.3. The normalized spacial score (nSPS) is 11.1. The van der Waals surface area contributed by atoms with Crippen molar-refractivity contribution in [1.82, 2.24) is 4.57 Å². The van der Waals surface area contributed by atoms with E-state index in [1.54, 1.807) is 18.3 Å². The first-order valence-corrected chi connectivity index (χ1v) is 7.11. The number of carboxylic acid groups (broad SMARTS) is 1. The predicted octanol–water partition coefficient (Wildman–Crippen LogP) is 4.23. The minimum absolute atomic E-state index is 0.102. The van der Waals surface area contributed by atoms with Crippen LogP contribution >= 0.6 is 11.6 Å². The third-order valence-electron chi connectivity index (χ3n) is 3.21. The van der Waals surface area contributed by atoms with E-state index in [1.165, 1.54) is 16.7 Å². The zero-order valence-corrected chi connectivity index (χ0v) is 12.7. The second-order valence-electron chi connectivity index (χ2n) is 5.46. The van der Waals surface area contributed by atoms with Gasteiger partial charge in [0, 0.05) is 16.8 Å². The summed E-state index contributed by atoms with van der Waals surface area (Å²) in [5.74, 6) is -1.05. The van der Waals surface area contributed by atoms with E-state index in [9.17, 15) is 14.3 Å². The van der Waals surface area contributed by atoms with Crippen molar-refractivity contribution in [2.45, 2.75) is 26.8 Å². The molecule has 0 radical (unpaired) electrons. The molecule has 1 heterocycles. The molecule has 1 N–H and O–H groups in total. The Morgan fingerprint density at radius 1 is 1.43 bits per heavy atom. The summed E-state index contributed by atoms with van der Waals surface area (Å²) in [5, 5.41) is 9.58. The number of aromatic carboxylic acids is 1. The molecule has 0 aliphatic heterocycles. The van der Waals surface area contributed by atoms with Gasteiger partial charge in [0.15, 0.2) is 0 Å². The number of halogens is 2. The Morgan fingerprint density at radius 3 is 2.71 bits per heavy atom. The van der Waals surface area contributed by atoms with Crippen LogP contribution in [0.3, 0.4) is 0 Å². The van der Waals surface area contributed by atoms with Crippen molar-refractivity contribution < 1.29 is 14.3 Å². The minimum Gasteiger partial charge on any atom is -0.477 e. The molecule has 0 amide bonds. The molecule has 0 saturated carbocycles. The molecule has 0 saturated heterocycles. The van der Waals surface area contributed by atoms with Gasteiger partial charge in [-0.3, -0.25) is 0 Å². The highest BCUT2D eigenvalue weighted by Gasteiger charge is 2.16. The molecule has 2 rings (SSSR count). The molecule has 0 atom stereocenters. The van der Waals surface area contributed by atoms with Crippen LogP contribution in [0.1, 0.15) is 35.5 Å². The first-order valence-electron chi connectivity index (χ1n) is 6.73. The van der Waals surface area contributed by atoms with Crippen molar-refractivity contribution in [2.24, 2.45) is 5.92 Å². The molecule has 0 unspecified atom stereocenters. The molecular formula is C16H17ClFNO2. The third-order valence-corrected chi connectivity index (χ3v) is 3.56. The summed E-state index contributed by atoms with van der Waals surface area (Å²) < 4.78 is 15.4. The van der Waals surface area contributed by atoms with Gasteiger partial charge in [0.05, 0.1) is 6.54 Å². The highest BCUT2D eigenvalue weighted by Crippen LogP contribution is 2.22. The molecule has 0 bridgehead atoms. The van der Waals surface area contributed by atoms with Gasteiger partial charge in [-0.05, 0) is 36.1 Å². The Labute approximate surface area is 128 Å². The van der Waals surface area contributed by atoms with Crippen molar-refractivity contribution in [2.75, 3.05) is 0 Å². The topological polar surface area (TPSA) is 42.2 Å². The van der Waals surface area contributed by atoms with Crippen molar-refractivity contribution in [3.63, 3.8) is 0 Å². The van der Waals surface area contributed by atoms with Gasteiger partial charge in [-0.1, -0.05) is 31.5 Å². The van der Waals surface area contributed by atoms with Crippen molar-refractivity contribution in [1.29, 1.82) is 0 Å². The fraction of sp³-hybridized carbons (Fsp3) is 0.312. The van der Waals surface area contributed by atoms with E-state index >= 15 is 0 Å². The minimum atomic E-state index is -1.03. The molecule has 1 aromatic heterocycles. The molecule has 21 heavy (non-hydrogen) atoms. The molecule has 0 fully saturated rings. The Hall–Kier alpha value is -1.81. The highest BCUT2D eigenvalue weighted by molar-refractivity contribution is 6.31. The Morgan fingerprint density at radius 2 is 2.14 bits per heavy atom. The maximum atomic E-state index is 13.8. The number of benzene rings is 1. The van der Waals surface area contributed by atoms with E-state index in [-0.39, 0.29) is 12.2 Å². The van der Waals surface area contributed by atoms with Gasteiger partial charge in [-0.25, -0.2) is 9.18 Å². The SMILES string of the molecule is CC(C)Cc1cc(C(=O)O)n(Cc2c(F)cccc2Cl)c1. The summed E-state index contributed by atoms with van der Waals surface area (Å²) in [6.07, 6.45) is 2.53. The van der Waals surface area contributed by atoms with E-state index in [0.29, 0.717) is 16.5 Å². The zero-order chi connectivity index (χ0) is 15.6. The average Bonchev–Trinajstić information content (AvgIpc) is 2.76. The standard InChI is InChI=1S/C16H17ClFNO2/c1-10(2)6-11-7-15(16(20)21)19(8-11)9-12-13(17)4-3-5-14(12)18/h3-5,7-8,10H,6,9H2,1-2H3,(H,20,21). The van der Waals surface area contributed by atoms with Crippen LogP contribution in [0.15, 0.2) is 30.5 Å². The smallest absolute Gasteiger partial charge is 0.352 e. The lowest BCUT2D eigenvalue weighted by atomic mass is 10.1. The third kappa shape index (κ3) is 3.64. The van der Waals surface area contributed by atoms with E-state index in [0.717, 1.165) is 12.0 Å². The number of hydrogen-bond acceptors (Lipinski definition) is 1. The lowest BCUT2D eigenvalue weighted by molar-refractivity contribution is 0.0685. The molecule has 0 spiro atoms. The Bertz CT molecular complexity index is 644. The van der Waals surface area contributed by atoms with Crippen LogP contribution in [0.25, 0.3) is 0 Å². The molecule has 5 heteroatoms. The molecule has 1 aromatic carbocycles. The van der Waals surface area contributed by atoms with Gasteiger partial charge in [0.1, 0.15) is 11.5 Å². The van der Waals surface area contributed by atoms with Gasteiger partial charge in [0.2, 0.25) is 0 Å². The first-order chi connectivity index (χ1) is 9.88. The van der Waals surface area contributed by atoms with E-state index in [1.807, 2.05) is 0 Å². The van der Waals surface area contributed by atoms with Crippen LogP contribution in [0.5, 0.6) is 0 Å². The van der Waals surface area contributed by atoms with Gasteiger partial charge >= 0.3 is 5.97 Å². The van der Waals surface area contributed by atoms with E-state index in [2.05, 4.69) is 13.8 Å². The summed E-state index contributed by atoms with van der Waals surface area (Å²) in [5.41, 5.74) is 1.37. The first kappa shape index (κ1) is 15.6. The van der Waals surface area contributed by atoms with Crippen LogP contribution in [0.2, 0.25) is 5.02 Å². The second kappa shape index (κ2) is 6.31. The maximum Gasteiger partial charge on any atom is 0.352 e. The fourth-order valence-corrected chi connectivity index (χ4v) is 2.54. The average molecular weight is 310 g/mol. The van der Waals surface area contributed by atoms with E-state index in [4.69, 9.17) is 11.6 Å². The van der Waals surface area contributed by atoms with Crippen molar-refractivity contribution in [3.05, 3.63) is 58.1 Å². The highest BCUT2D eigenvalue weighted by atomic mass is 35.5. The lowest BCUT2D eigenvalue weighted by Crippen LogP contribution is -2.09. The largest absolute Gasteiger partial charge is 0.477 e. The molecular weight excluding hydrogens is 293 g/mol. The van der Waals surface area contributed by atoms with Gasteiger partial charge in [-0.2, -0.15) is 0 Å². The summed E-state index contributed by atoms with van der Waals surface area (Å²) in [6, 6.07) is 6.08. The fourth-order valence-electron chi connectivity index (χ4n) is 2.32. The van der Waals surface area contributed by atoms with Gasteiger partial charge < -0.3 is 9.67 Å². The van der Waals surface area contributed by atoms with Crippen LogP contribution in [0, 0.1) is 11.7 Å². The zero-order valence-electron chi connectivity index (χ0n) is 11.9. The van der Waals surface area contributed by atoms with Crippen LogP contribution < -0.4 is 0 Å². The Balaban J connectivity index is 2.38. The molecule has 112 valence electrons. The van der Waals surface area contributed by atoms with Gasteiger partial charge in [-0.15, -0.1) is 0 Å². The number of carboxylic acids is 1. The van der Waals surface area contributed by atoms with Crippen molar-refractivity contribution >= 4 is 17.6 Å². The van der Waals surface area contributed by atoms with Gasteiger partial charge in [0.25, 0.3) is 0 Å². The number of rotatable bonds is 5. The number of nitrogens with zero attached hydrogens (tertiary/aromatic N) is 1. The monoisotopic (exact) mass is 309 g/mol. The Kier molecular flexibility index (Phi) is 4.68. The maximum absolute atomic E-state index is 13.8.